The van der Waals surface area contributed by atoms with Crippen LogP contribution in [0.2, 0.25) is 0 Å². The normalized spacial score (nSPS) is 15.3. The van der Waals surface area contributed by atoms with E-state index in [4.69, 9.17) is 0 Å². The zero-order chi connectivity index (χ0) is 38.2. The first kappa shape index (κ1) is 33.1. The van der Waals surface area contributed by atoms with Crippen LogP contribution in [0.1, 0.15) is 51.7 Å². The summed E-state index contributed by atoms with van der Waals surface area (Å²) in [5, 5.41) is 6.38. The molecule has 0 bridgehead atoms. The Balaban J connectivity index is 1.26. The summed E-state index contributed by atoms with van der Waals surface area (Å²) in [6.45, 7) is 9.77. The number of anilines is 3. The molecular formula is C52H41BN3S. The van der Waals surface area contributed by atoms with Crippen LogP contribution in [0.4, 0.5) is 17.1 Å². The van der Waals surface area contributed by atoms with Gasteiger partial charge in [-0.1, -0.05) is 119 Å². The van der Waals surface area contributed by atoms with E-state index < -0.39 is 0 Å². The molecule has 7 aromatic carbocycles. The molecule has 1 radical (unpaired) electrons. The summed E-state index contributed by atoms with van der Waals surface area (Å²) in [7, 11) is 2.52. The fourth-order valence-corrected chi connectivity index (χ4v) is 11.4. The molecule has 273 valence electrons. The van der Waals surface area contributed by atoms with Crippen molar-refractivity contribution in [3.05, 3.63) is 157 Å². The molecule has 2 aliphatic rings. The zero-order valence-corrected chi connectivity index (χ0v) is 33.5. The zero-order valence-electron chi connectivity index (χ0n) is 32.7. The molecule has 12 rings (SSSR count). The summed E-state index contributed by atoms with van der Waals surface area (Å²) in [6, 6.07) is 54.0. The second-order valence-electron chi connectivity index (χ2n) is 17.5. The van der Waals surface area contributed by atoms with Crippen molar-refractivity contribution in [1.29, 1.82) is 0 Å². The van der Waals surface area contributed by atoms with E-state index in [0.717, 1.165) is 16.9 Å². The SMILES string of the molecule is CC1(C)CCC(C)(C)c2cc3c4c(sc3cc21)[B]c1c(-c2cccc3c2[nH]c2ccccc23)cc(N(c2ccccc2)c2ccccc2)c2c3ccccc3n-4c12. The van der Waals surface area contributed by atoms with E-state index in [0.29, 0.717) is 0 Å². The molecule has 1 aliphatic heterocycles. The van der Waals surface area contributed by atoms with Crippen LogP contribution in [0.25, 0.3) is 70.5 Å². The van der Waals surface area contributed by atoms with Gasteiger partial charge in [0.2, 0.25) is 7.28 Å². The van der Waals surface area contributed by atoms with Gasteiger partial charge < -0.3 is 14.5 Å². The Hall–Kier alpha value is -6.04. The number of thiophene rings is 1. The van der Waals surface area contributed by atoms with Crippen molar-refractivity contribution in [2.75, 3.05) is 4.90 Å². The Kier molecular flexibility index (Phi) is 6.83. The minimum Gasteiger partial charge on any atom is -0.354 e. The highest BCUT2D eigenvalue weighted by molar-refractivity contribution is 7.29. The summed E-state index contributed by atoms with van der Waals surface area (Å²) < 4.78 is 5.32. The maximum absolute atomic E-state index is 3.87. The molecular weight excluding hydrogens is 709 g/mol. The van der Waals surface area contributed by atoms with E-state index in [1.165, 1.54) is 105 Å². The summed E-state index contributed by atoms with van der Waals surface area (Å²) in [5.41, 5.74) is 16.5. The lowest BCUT2D eigenvalue weighted by atomic mass is 9.62. The van der Waals surface area contributed by atoms with Gasteiger partial charge in [-0.25, -0.2) is 0 Å². The molecule has 1 aliphatic carbocycles. The van der Waals surface area contributed by atoms with E-state index in [1.807, 2.05) is 11.3 Å². The number of H-pyrrole nitrogens is 1. The highest BCUT2D eigenvalue weighted by Crippen LogP contribution is 2.51. The molecule has 0 unspecified atom stereocenters. The van der Waals surface area contributed by atoms with Crippen molar-refractivity contribution in [1.82, 2.24) is 9.55 Å². The van der Waals surface area contributed by atoms with E-state index in [1.54, 1.807) is 0 Å². The molecule has 57 heavy (non-hydrogen) atoms. The Labute approximate surface area is 337 Å². The molecule has 0 saturated heterocycles. The van der Waals surface area contributed by atoms with Crippen molar-refractivity contribution < 1.29 is 0 Å². The fourth-order valence-electron chi connectivity index (χ4n) is 10.2. The average molecular weight is 751 g/mol. The first-order chi connectivity index (χ1) is 27.8. The maximum atomic E-state index is 3.87. The van der Waals surface area contributed by atoms with Gasteiger partial charge in [-0.15, -0.1) is 11.3 Å². The number of fused-ring (bicyclic) bond motifs is 11. The van der Waals surface area contributed by atoms with Crippen LogP contribution >= 0.6 is 11.3 Å². The van der Waals surface area contributed by atoms with Crippen molar-refractivity contribution in [3.63, 3.8) is 0 Å². The molecule has 0 amide bonds. The lowest BCUT2D eigenvalue weighted by Crippen LogP contribution is -2.35. The second kappa shape index (κ2) is 11.8. The lowest BCUT2D eigenvalue weighted by molar-refractivity contribution is 0.332. The number of nitrogens with one attached hydrogen (secondary N) is 1. The van der Waals surface area contributed by atoms with Crippen LogP contribution in [0.3, 0.4) is 0 Å². The molecule has 10 aromatic rings. The van der Waals surface area contributed by atoms with Gasteiger partial charge in [-0.3, -0.25) is 0 Å². The molecule has 5 heteroatoms. The second-order valence-corrected chi connectivity index (χ2v) is 18.5. The van der Waals surface area contributed by atoms with Gasteiger partial charge in [0.25, 0.3) is 0 Å². The Morgan fingerprint density at radius 2 is 1.25 bits per heavy atom. The lowest BCUT2D eigenvalue weighted by Gasteiger charge is -2.42. The van der Waals surface area contributed by atoms with Crippen molar-refractivity contribution in [2.24, 2.45) is 0 Å². The maximum Gasteiger partial charge on any atom is 0.211 e. The topological polar surface area (TPSA) is 24.0 Å². The van der Waals surface area contributed by atoms with Gasteiger partial charge in [0.15, 0.2) is 0 Å². The van der Waals surface area contributed by atoms with Crippen LogP contribution in [0.15, 0.2) is 146 Å². The largest absolute Gasteiger partial charge is 0.354 e. The molecule has 4 heterocycles. The van der Waals surface area contributed by atoms with Crippen LogP contribution < -0.4 is 15.1 Å². The van der Waals surface area contributed by atoms with E-state index in [-0.39, 0.29) is 10.8 Å². The van der Waals surface area contributed by atoms with Gasteiger partial charge in [-0.2, -0.15) is 0 Å². The van der Waals surface area contributed by atoms with E-state index in [9.17, 15) is 0 Å². The summed E-state index contributed by atoms with van der Waals surface area (Å²) >= 11 is 1.95. The molecule has 0 spiro atoms. The van der Waals surface area contributed by atoms with Crippen molar-refractivity contribution in [2.45, 2.75) is 51.4 Å². The first-order valence-corrected chi connectivity index (χ1v) is 21.1. The first-order valence-electron chi connectivity index (χ1n) is 20.2. The number of para-hydroxylation sites is 5. The summed E-state index contributed by atoms with van der Waals surface area (Å²) in [4.78, 5) is 6.34. The smallest absolute Gasteiger partial charge is 0.211 e. The van der Waals surface area contributed by atoms with Crippen LogP contribution in [-0.4, -0.2) is 16.8 Å². The third-order valence-corrected chi connectivity index (χ3v) is 14.3. The van der Waals surface area contributed by atoms with Crippen LogP contribution in [-0.2, 0) is 10.8 Å². The number of hydrogen-bond donors (Lipinski definition) is 1. The van der Waals surface area contributed by atoms with Crippen LogP contribution in [0, 0.1) is 0 Å². The molecule has 3 aromatic heterocycles. The van der Waals surface area contributed by atoms with Gasteiger partial charge >= 0.3 is 0 Å². The fraction of sp³-hybridized carbons (Fsp3) is 0.154. The van der Waals surface area contributed by atoms with Gasteiger partial charge in [0, 0.05) is 54.1 Å². The third-order valence-electron chi connectivity index (χ3n) is 13.2. The summed E-state index contributed by atoms with van der Waals surface area (Å²) in [6.07, 6.45) is 2.39. The number of aromatic amines is 1. The molecule has 0 fully saturated rings. The number of rotatable bonds is 4. The van der Waals surface area contributed by atoms with Gasteiger partial charge in [-0.05, 0) is 105 Å². The monoisotopic (exact) mass is 750 g/mol. The minimum atomic E-state index is 0.114. The standard InChI is InChI=1S/C52H41BN3S/c1-51(2)26-27-52(3,4)40-30-44-38(28-39(40)51)48-50(57-44)53-46-37(35-23-15-22-34-33-20-11-13-24-41(33)54-47(34)35)29-43(45-36-21-12-14-25-42(36)56(48)49(45)46)55(31-16-7-5-8-17-31)32-18-9-6-10-19-32/h5-25,28-30,54H,26-27H2,1-4H3. The molecule has 0 saturated carbocycles. The Bertz CT molecular complexity index is 3230. The number of aromatic nitrogens is 2. The number of benzene rings is 7. The van der Waals surface area contributed by atoms with E-state index in [2.05, 4.69) is 195 Å². The number of nitrogens with zero attached hydrogens (tertiary/aromatic N) is 2. The average Bonchev–Trinajstić information content (AvgIpc) is 3.91. The predicted molar refractivity (Wildman–Crippen MR) is 246 cm³/mol. The van der Waals surface area contributed by atoms with Gasteiger partial charge in [0.05, 0.1) is 27.9 Å². The quantitative estimate of drug-likeness (QED) is 0.178. The Morgan fingerprint density at radius 1 is 0.614 bits per heavy atom. The third kappa shape index (κ3) is 4.67. The molecule has 1 N–H and O–H groups in total. The molecule has 3 nitrogen and oxygen atoms in total. The van der Waals surface area contributed by atoms with Crippen LogP contribution in [0.5, 0.6) is 0 Å². The van der Waals surface area contributed by atoms with Crippen molar-refractivity contribution >= 4 is 99.6 Å². The van der Waals surface area contributed by atoms with E-state index >= 15 is 0 Å². The molecule has 0 atom stereocenters. The highest BCUT2D eigenvalue weighted by Gasteiger charge is 2.39. The number of hydrogen-bond acceptors (Lipinski definition) is 2. The predicted octanol–water partition coefficient (Wildman–Crippen LogP) is 13.1. The summed E-state index contributed by atoms with van der Waals surface area (Å²) in [5.74, 6) is 0. The van der Waals surface area contributed by atoms with Crippen molar-refractivity contribution in [3.8, 4) is 16.8 Å². The minimum absolute atomic E-state index is 0.114. The Morgan fingerprint density at radius 3 is 1.98 bits per heavy atom. The van der Waals surface area contributed by atoms with Gasteiger partial charge in [0.1, 0.15) is 0 Å². The highest BCUT2D eigenvalue weighted by atomic mass is 32.1.